The van der Waals surface area contributed by atoms with E-state index in [-0.39, 0.29) is 6.17 Å². The molecule has 0 saturated heterocycles. The Morgan fingerprint density at radius 2 is 1.60 bits per heavy atom. The summed E-state index contributed by atoms with van der Waals surface area (Å²) < 4.78 is 0. The summed E-state index contributed by atoms with van der Waals surface area (Å²) in [6, 6.07) is 32.5. The number of fused-ring (bicyclic) bond motifs is 3. The van der Waals surface area contributed by atoms with Gasteiger partial charge in [0.15, 0.2) is 6.17 Å². The maximum Gasteiger partial charge on any atom is 0.169 e. The Morgan fingerprint density at radius 3 is 2.47 bits per heavy atom. The van der Waals surface area contributed by atoms with Crippen LogP contribution in [0.3, 0.4) is 0 Å². The van der Waals surface area contributed by atoms with Gasteiger partial charge in [-0.2, -0.15) is 0 Å². The zero-order chi connectivity index (χ0) is 30.2. The molecule has 0 bridgehead atoms. The molecule has 0 spiro atoms. The van der Waals surface area contributed by atoms with Gasteiger partial charge in [-0.25, -0.2) is 9.98 Å². The predicted octanol–water partition coefficient (Wildman–Crippen LogP) is 9.50. The summed E-state index contributed by atoms with van der Waals surface area (Å²) in [6.07, 6.45) is 17.6. The summed E-state index contributed by atoms with van der Waals surface area (Å²) in [7, 11) is 0. The number of amidine groups is 2. The van der Waals surface area contributed by atoms with E-state index >= 15 is 0 Å². The quantitative estimate of drug-likeness (QED) is 0.224. The number of hydrogen-bond donors (Lipinski definition) is 1. The Balaban J connectivity index is 1.32. The summed E-state index contributed by atoms with van der Waals surface area (Å²) >= 11 is 0. The van der Waals surface area contributed by atoms with Crippen molar-refractivity contribution < 1.29 is 0 Å². The van der Waals surface area contributed by atoms with Crippen molar-refractivity contribution >= 4 is 28.5 Å². The van der Waals surface area contributed by atoms with Gasteiger partial charge in [-0.15, -0.1) is 0 Å². The van der Waals surface area contributed by atoms with Crippen molar-refractivity contribution in [3.63, 3.8) is 0 Å². The molecule has 3 aliphatic rings. The highest BCUT2D eigenvalue weighted by Gasteiger charge is 2.24. The van der Waals surface area contributed by atoms with E-state index < -0.39 is 0 Å². The van der Waals surface area contributed by atoms with Crippen LogP contribution < -0.4 is 5.32 Å². The van der Waals surface area contributed by atoms with Crippen molar-refractivity contribution in [2.45, 2.75) is 32.4 Å². The molecule has 45 heavy (non-hydrogen) atoms. The lowest BCUT2D eigenvalue weighted by Gasteiger charge is -2.26. The number of nitrogens with zero attached hydrogens (tertiary/aromatic N) is 3. The maximum absolute atomic E-state index is 5.24. The van der Waals surface area contributed by atoms with Gasteiger partial charge in [0.05, 0.1) is 0 Å². The van der Waals surface area contributed by atoms with Crippen LogP contribution in [0.1, 0.15) is 48.2 Å². The summed E-state index contributed by atoms with van der Waals surface area (Å²) in [4.78, 5) is 14.8. The molecule has 8 rings (SSSR count). The molecule has 4 nitrogen and oxygen atoms in total. The molecule has 2 heterocycles. The van der Waals surface area contributed by atoms with Gasteiger partial charge in [-0.1, -0.05) is 98.0 Å². The van der Waals surface area contributed by atoms with Crippen LogP contribution >= 0.6 is 0 Å². The van der Waals surface area contributed by atoms with Crippen LogP contribution in [0.4, 0.5) is 0 Å². The molecular formula is C41H34N4. The molecule has 0 fully saturated rings. The fourth-order valence-corrected chi connectivity index (χ4v) is 6.74. The Hall–Kier alpha value is -5.35. The molecule has 2 atom stereocenters. The van der Waals surface area contributed by atoms with Crippen molar-refractivity contribution in [1.29, 1.82) is 0 Å². The first-order valence-corrected chi connectivity index (χ1v) is 15.8. The Bertz CT molecular complexity index is 2070. The van der Waals surface area contributed by atoms with Crippen LogP contribution in [0.2, 0.25) is 0 Å². The second-order valence-electron chi connectivity index (χ2n) is 12.1. The molecule has 1 aliphatic heterocycles. The lowest BCUT2D eigenvalue weighted by molar-refractivity contribution is 0.709. The number of aromatic nitrogens is 1. The Kier molecular flexibility index (Phi) is 7.03. The Morgan fingerprint density at radius 1 is 0.778 bits per heavy atom. The van der Waals surface area contributed by atoms with E-state index in [4.69, 9.17) is 9.98 Å². The molecule has 0 amide bonds. The smallest absolute Gasteiger partial charge is 0.169 e. The topological polar surface area (TPSA) is 49.6 Å². The maximum atomic E-state index is 5.24. The first-order valence-electron chi connectivity index (χ1n) is 15.8. The number of benzene rings is 4. The number of nitrogens with one attached hydrogen (secondary N) is 1. The highest BCUT2D eigenvalue weighted by molar-refractivity contribution is 6.16. The number of rotatable bonds is 5. The average Bonchev–Trinajstić information content (AvgIpc) is 3.11. The minimum absolute atomic E-state index is 0.330. The third-order valence-corrected chi connectivity index (χ3v) is 8.98. The monoisotopic (exact) mass is 582 g/mol. The minimum atomic E-state index is -0.330. The van der Waals surface area contributed by atoms with Crippen molar-refractivity contribution in [3.05, 3.63) is 156 Å². The van der Waals surface area contributed by atoms with Gasteiger partial charge >= 0.3 is 0 Å². The lowest BCUT2D eigenvalue weighted by Crippen LogP contribution is -2.37. The van der Waals surface area contributed by atoms with Crippen LogP contribution in [-0.2, 0) is 6.42 Å². The van der Waals surface area contributed by atoms with Crippen LogP contribution in [0.25, 0.3) is 39.1 Å². The van der Waals surface area contributed by atoms with Crippen LogP contribution in [0.5, 0.6) is 0 Å². The molecule has 2 aliphatic carbocycles. The molecule has 4 aromatic carbocycles. The highest BCUT2D eigenvalue weighted by atomic mass is 15.2. The summed E-state index contributed by atoms with van der Waals surface area (Å²) in [5, 5.41) is 6.24. The normalized spacial score (nSPS) is 18.9. The zero-order valence-corrected chi connectivity index (χ0v) is 25.3. The molecule has 1 N–H and O–H groups in total. The van der Waals surface area contributed by atoms with Crippen LogP contribution in [0, 0.1) is 5.92 Å². The predicted molar refractivity (Wildman–Crippen MR) is 187 cm³/mol. The molecule has 5 aromatic rings. The van der Waals surface area contributed by atoms with Crippen molar-refractivity contribution in [1.82, 2.24) is 10.3 Å². The molecule has 218 valence electrons. The van der Waals surface area contributed by atoms with Gasteiger partial charge in [0, 0.05) is 23.5 Å². The molecule has 4 heteroatoms. The largest absolute Gasteiger partial charge is 0.325 e. The lowest BCUT2D eigenvalue weighted by atomic mass is 9.84. The van der Waals surface area contributed by atoms with Gasteiger partial charge in [0.1, 0.15) is 11.7 Å². The van der Waals surface area contributed by atoms with Crippen molar-refractivity contribution in [2.75, 3.05) is 0 Å². The third-order valence-electron chi connectivity index (χ3n) is 8.98. The van der Waals surface area contributed by atoms with Gasteiger partial charge < -0.3 is 5.32 Å². The summed E-state index contributed by atoms with van der Waals surface area (Å²) in [5.41, 5.74) is 10.7. The first-order chi connectivity index (χ1) is 22.2. The molecular weight excluding hydrogens is 548 g/mol. The fourth-order valence-electron chi connectivity index (χ4n) is 6.74. The van der Waals surface area contributed by atoms with Gasteiger partial charge in [-0.05, 0) is 105 Å². The second-order valence-corrected chi connectivity index (χ2v) is 12.1. The zero-order valence-electron chi connectivity index (χ0n) is 25.3. The SMILES string of the molecule is CC1C=CC=C(C2=NC(c3ccccc3)N=C(c3cc(-c4cccnc4)cc(-c4cc5ccccc5c5c4CCC=C5)c3)N2)C1. The third kappa shape index (κ3) is 5.33. The fraction of sp³-hybridized carbons (Fsp3) is 0.146. The van der Waals surface area contributed by atoms with E-state index in [1.165, 1.54) is 38.6 Å². The number of aliphatic imine (C=N–C) groups is 2. The standard InChI is InChI=1S/C41H34N4/c1-27-11-9-15-30(21-27)40-43-39(28-12-3-2-4-13-28)44-41(45-40)34-23-32(31-16-10-20-42-26-31)22-33(24-34)38-25-29-14-5-6-17-35(29)36-18-7-8-19-37(36)38/h2-7,9-18,20,22-27,39H,8,19,21H2,1H3,(H,43,44,45). The number of hydrogen-bond acceptors (Lipinski definition) is 4. The highest BCUT2D eigenvalue weighted by Crippen LogP contribution is 2.39. The van der Waals surface area contributed by atoms with Crippen molar-refractivity contribution in [2.24, 2.45) is 15.9 Å². The number of pyridine rings is 1. The van der Waals surface area contributed by atoms with Crippen LogP contribution in [-0.4, -0.2) is 16.7 Å². The molecule has 0 saturated carbocycles. The molecule has 1 aromatic heterocycles. The van der Waals surface area contributed by atoms with E-state index in [0.29, 0.717) is 5.92 Å². The van der Waals surface area contributed by atoms with E-state index in [1.54, 1.807) is 0 Å². The van der Waals surface area contributed by atoms with E-state index in [0.717, 1.165) is 53.2 Å². The summed E-state index contributed by atoms with van der Waals surface area (Å²) in [6.45, 7) is 2.25. The van der Waals surface area contributed by atoms with Gasteiger partial charge in [0.25, 0.3) is 0 Å². The Labute approximate surface area is 264 Å². The second kappa shape index (κ2) is 11.6. The minimum Gasteiger partial charge on any atom is -0.325 e. The van der Waals surface area contributed by atoms with Crippen LogP contribution in [0.15, 0.2) is 143 Å². The van der Waals surface area contributed by atoms with Crippen molar-refractivity contribution in [3.8, 4) is 22.3 Å². The first kappa shape index (κ1) is 27.2. The van der Waals surface area contributed by atoms with Gasteiger partial charge in [0.2, 0.25) is 0 Å². The molecule has 2 unspecified atom stereocenters. The van der Waals surface area contributed by atoms with E-state index in [1.807, 2.05) is 24.5 Å². The number of allylic oxidation sites excluding steroid dienone is 4. The molecule has 0 radical (unpaired) electrons. The summed E-state index contributed by atoms with van der Waals surface area (Å²) in [5.74, 6) is 2.19. The van der Waals surface area contributed by atoms with E-state index in [9.17, 15) is 0 Å². The van der Waals surface area contributed by atoms with Gasteiger partial charge in [-0.3, -0.25) is 4.98 Å². The average molecular weight is 583 g/mol. The van der Waals surface area contributed by atoms with E-state index in [2.05, 4.69) is 126 Å².